The number of nitrogens with zero attached hydrogens (tertiary/aromatic N) is 2. The summed E-state index contributed by atoms with van der Waals surface area (Å²) < 4.78 is 6.30. The average Bonchev–Trinajstić information content (AvgIpc) is 2.52. The maximum Gasteiger partial charge on any atom is 0.310 e. The van der Waals surface area contributed by atoms with Crippen LogP contribution in [0.5, 0.6) is 0 Å². The second-order valence-electron chi connectivity index (χ2n) is 2.46. The van der Waals surface area contributed by atoms with Gasteiger partial charge in [0.1, 0.15) is 0 Å². The maximum absolute atomic E-state index is 10.8. The molecule has 12 heavy (non-hydrogen) atoms. The van der Waals surface area contributed by atoms with E-state index in [0.29, 0.717) is 6.42 Å². The highest BCUT2D eigenvalue weighted by atomic mass is 16.5. The molecular weight excluding hydrogens is 156 g/mol. The molecule has 0 radical (unpaired) electrons. The number of carbonyl (C=O) groups excluding carboxylic acids is 1. The molecular formula is C8H12N2O2. The van der Waals surface area contributed by atoms with Gasteiger partial charge in [-0.05, 0) is 6.92 Å². The Kier molecular flexibility index (Phi) is 2.85. The van der Waals surface area contributed by atoms with E-state index in [1.807, 2.05) is 13.1 Å². The predicted octanol–water partition coefficient (Wildman–Crippen LogP) is 0.619. The molecule has 1 rings (SSSR count). The number of carbonyl (C=O) groups is 1. The molecule has 0 spiro atoms. The van der Waals surface area contributed by atoms with Gasteiger partial charge in [0.25, 0.3) is 0 Å². The first-order valence-electron chi connectivity index (χ1n) is 3.84. The zero-order valence-corrected chi connectivity index (χ0v) is 7.28. The third-order valence-electron chi connectivity index (χ3n) is 1.59. The fraction of sp³-hybridized carbons (Fsp3) is 0.500. The van der Waals surface area contributed by atoms with Crippen LogP contribution in [0.3, 0.4) is 0 Å². The first kappa shape index (κ1) is 8.77. The Bertz CT molecular complexity index is 268. The van der Waals surface area contributed by atoms with Gasteiger partial charge in [-0.1, -0.05) is 0 Å². The molecule has 4 heteroatoms. The minimum atomic E-state index is -0.231. The predicted molar refractivity (Wildman–Crippen MR) is 43.6 cm³/mol. The van der Waals surface area contributed by atoms with Gasteiger partial charge < -0.3 is 4.74 Å². The average molecular weight is 168 g/mol. The molecule has 66 valence electrons. The lowest BCUT2D eigenvalue weighted by molar-refractivity contribution is -0.139. The van der Waals surface area contributed by atoms with Crippen LogP contribution in [-0.2, 0) is 22.5 Å². The molecule has 0 saturated heterocycles. The van der Waals surface area contributed by atoms with Gasteiger partial charge in [0.05, 0.1) is 19.7 Å². The van der Waals surface area contributed by atoms with Gasteiger partial charge in [-0.3, -0.25) is 9.48 Å². The zero-order chi connectivity index (χ0) is 8.97. The number of methoxy groups -OCH3 is 1. The largest absolute Gasteiger partial charge is 0.469 e. The first-order valence-corrected chi connectivity index (χ1v) is 3.84. The molecule has 0 N–H and O–H groups in total. The van der Waals surface area contributed by atoms with Crippen molar-refractivity contribution < 1.29 is 9.53 Å². The molecule has 0 aliphatic carbocycles. The van der Waals surface area contributed by atoms with Crippen LogP contribution < -0.4 is 0 Å². The molecule has 1 heterocycles. The Hall–Kier alpha value is -1.32. The number of aryl methyl sites for hydroxylation is 1. The topological polar surface area (TPSA) is 44.1 Å². The minimum absolute atomic E-state index is 0.231. The Morgan fingerprint density at radius 3 is 3.00 bits per heavy atom. The van der Waals surface area contributed by atoms with E-state index in [4.69, 9.17) is 0 Å². The summed E-state index contributed by atoms with van der Waals surface area (Å²) in [6.07, 6.45) is 3.83. The second-order valence-corrected chi connectivity index (χ2v) is 2.46. The smallest absolute Gasteiger partial charge is 0.310 e. The van der Waals surface area contributed by atoms with Crippen LogP contribution in [0.1, 0.15) is 12.5 Å². The quantitative estimate of drug-likeness (QED) is 0.621. The van der Waals surface area contributed by atoms with Crippen LogP contribution in [0.2, 0.25) is 0 Å². The highest BCUT2D eigenvalue weighted by Crippen LogP contribution is 1.99. The van der Waals surface area contributed by atoms with Crippen LogP contribution in [-0.4, -0.2) is 22.9 Å². The standard InChI is InChI=1S/C8H12N2O2/c1-3-10-6-7(5-9-10)4-8(11)12-2/h5-6H,3-4H2,1-2H3. The molecule has 0 saturated carbocycles. The van der Waals surface area contributed by atoms with E-state index in [9.17, 15) is 4.79 Å². The summed E-state index contributed by atoms with van der Waals surface area (Å²) in [5.74, 6) is -0.231. The van der Waals surface area contributed by atoms with Crippen molar-refractivity contribution in [3.8, 4) is 0 Å². The van der Waals surface area contributed by atoms with Gasteiger partial charge in [0.15, 0.2) is 0 Å². The molecule has 0 bridgehead atoms. The first-order chi connectivity index (χ1) is 5.76. The van der Waals surface area contributed by atoms with Gasteiger partial charge in [0, 0.05) is 18.3 Å². The highest BCUT2D eigenvalue weighted by Gasteiger charge is 2.03. The Balaban J connectivity index is 2.58. The third-order valence-corrected chi connectivity index (χ3v) is 1.59. The fourth-order valence-electron chi connectivity index (χ4n) is 0.909. The van der Waals surface area contributed by atoms with E-state index < -0.39 is 0 Å². The Labute approximate surface area is 71.1 Å². The van der Waals surface area contributed by atoms with Crippen molar-refractivity contribution >= 4 is 5.97 Å². The molecule has 4 nitrogen and oxygen atoms in total. The number of hydrogen-bond donors (Lipinski definition) is 0. The van der Waals surface area contributed by atoms with Crippen molar-refractivity contribution in [2.75, 3.05) is 7.11 Å². The van der Waals surface area contributed by atoms with Crippen molar-refractivity contribution in [3.05, 3.63) is 18.0 Å². The number of hydrogen-bond acceptors (Lipinski definition) is 3. The minimum Gasteiger partial charge on any atom is -0.469 e. The summed E-state index contributed by atoms with van der Waals surface area (Å²) in [6, 6.07) is 0. The van der Waals surface area contributed by atoms with Crippen LogP contribution in [0.15, 0.2) is 12.4 Å². The lowest BCUT2D eigenvalue weighted by Gasteiger charge is -1.94. The number of ether oxygens (including phenoxy) is 1. The SMILES string of the molecule is CCn1cc(CC(=O)OC)cn1. The second kappa shape index (κ2) is 3.90. The highest BCUT2D eigenvalue weighted by molar-refractivity contribution is 5.72. The molecule has 1 aromatic rings. The van der Waals surface area contributed by atoms with Crippen LogP contribution in [0, 0.1) is 0 Å². The summed E-state index contributed by atoms with van der Waals surface area (Å²) in [7, 11) is 1.38. The zero-order valence-electron chi connectivity index (χ0n) is 7.28. The van der Waals surface area contributed by atoms with Gasteiger partial charge in [-0.2, -0.15) is 5.10 Å². The lowest BCUT2D eigenvalue weighted by Crippen LogP contribution is -2.03. The summed E-state index contributed by atoms with van der Waals surface area (Å²) in [4.78, 5) is 10.8. The molecule has 0 atom stereocenters. The van der Waals surface area contributed by atoms with E-state index in [1.54, 1.807) is 10.9 Å². The molecule has 0 aromatic carbocycles. The number of rotatable bonds is 3. The van der Waals surface area contributed by atoms with Crippen molar-refractivity contribution in [2.24, 2.45) is 0 Å². The van der Waals surface area contributed by atoms with Crippen LogP contribution in [0.4, 0.5) is 0 Å². The van der Waals surface area contributed by atoms with Crippen LogP contribution in [0.25, 0.3) is 0 Å². The molecule has 1 aromatic heterocycles. The van der Waals surface area contributed by atoms with E-state index in [-0.39, 0.29) is 5.97 Å². The van der Waals surface area contributed by atoms with E-state index >= 15 is 0 Å². The van der Waals surface area contributed by atoms with Crippen LogP contribution >= 0.6 is 0 Å². The van der Waals surface area contributed by atoms with Crippen molar-refractivity contribution in [3.63, 3.8) is 0 Å². The summed E-state index contributed by atoms with van der Waals surface area (Å²) in [6.45, 7) is 2.82. The van der Waals surface area contributed by atoms with Gasteiger partial charge >= 0.3 is 5.97 Å². The Morgan fingerprint density at radius 2 is 2.50 bits per heavy atom. The third kappa shape index (κ3) is 2.08. The Morgan fingerprint density at radius 1 is 1.75 bits per heavy atom. The maximum atomic E-state index is 10.8. The van der Waals surface area contributed by atoms with Gasteiger partial charge in [-0.15, -0.1) is 0 Å². The monoisotopic (exact) mass is 168 g/mol. The molecule has 0 amide bonds. The summed E-state index contributed by atoms with van der Waals surface area (Å²) in [5.41, 5.74) is 0.892. The molecule has 0 aliphatic heterocycles. The number of esters is 1. The summed E-state index contributed by atoms with van der Waals surface area (Å²) in [5, 5.41) is 4.03. The molecule has 0 fully saturated rings. The van der Waals surface area contributed by atoms with Gasteiger partial charge in [0.2, 0.25) is 0 Å². The number of aromatic nitrogens is 2. The van der Waals surface area contributed by atoms with E-state index in [1.165, 1.54) is 7.11 Å². The molecule has 0 aliphatic rings. The van der Waals surface area contributed by atoms with E-state index in [2.05, 4.69) is 9.84 Å². The molecule has 0 unspecified atom stereocenters. The fourth-order valence-corrected chi connectivity index (χ4v) is 0.909. The van der Waals surface area contributed by atoms with Crippen molar-refractivity contribution in [2.45, 2.75) is 19.9 Å². The normalized spacial score (nSPS) is 9.83. The lowest BCUT2D eigenvalue weighted by atomic mass is 10.3. The van der Waals surface area contributed by atoms with Crippen molar-refractivity contribution in [1.29, 1.82) is 0 Å². The van der Waals surface area contributed by atoms with Gasteiger partial charge in [-0.25, -0.2) is 0 Å². The van der Waals surface area contributed by atoms with E-state index in [0.717, 1.165) is 12.1 Å². The van der Waals surface area contributed by atoms with Crippen molar-refractivity contribution in [1.82, 2.24) is 9.78 Å². The summed E-state index contributed by atoms with van der Waals surface area (Å²) >= 11 is 0.